The molecule has 0 atom stereocenters. The van der Waals surface area contributed by atoms with Crippen molar-refractivity contribution in [2.24, 2.45) is 0 Å². The summed E-state index contributed by atoms with van der Waals surface area (Å²) >= 11 is 0. The molecule has 6 heteroatoms. The number of benzene rings is 1. The molecule has 0 spiro atoms. The molecule has 1 aromatic heterocycles. The van der Waals surface area contributed by atoms with Crippen LogP contribution in [0.15, 0.2) is 34.9 Å². The van der Waals surface area contributed by atoms with Gasteiger partial charge in [0.1, 0.15) is 32.7 Å². The average molecular weight is 373 g/mol. The first-order valence-electron chi connectivity index (χ1n) is 9.80. The van der Waals surface area contributed by atoms with Crippen molar-refractivity contribution < 1.29 is 19.1 Å². The highest BCUT2D eigenvalue weighted by atomic mass is 16.5. The molecular weight excluding hydrogens is 340 g/mol. The van der Waals surface area contributed by atoms with Crippen LogP contribution in [0, 0.1) is 6.92 Å². The zero-order valence-corrected chi connectivity index (χ0v) is 16.9. The molecule has 2 heterocycles. The van der Waals surface area contributed by atoms with Crippen LogP contribution < -0.4 is 15.1 Å². The predicted octanol–water partition coefficient (Wildman–Crippen LogP) is 0.203. The van der Waals surface area contributed by atoms with Crippen LogP contribution in [0.1, 0.15) is 37.6 Å². The van der Waals surface area contributed by atoms with Gasteiger partial charge in [0.15, 0.2) is 6.54 Å². The largest absolute Gasteiger partial charge is 0.338 e. The number of aryl methyl sites for hydroxylation is 1. The van der Waals surface area contributed by atoms with Crippen molar-refractivity contribution in [1.82, 2.24) is 5.16 Å². The molecule has 3 N–H and O–H groups in total. The number of hydrogen-bond donors (Lipinski definition) is 3. The van der Waals surface area contributed by atoms with Crippen LogP contribution in [-0.2, 0) is 16.8 Å². The standard InChI is InChI=1S/C21H30N4O2/c1-16-7-5-6-8-17(16)14-24-9-11-25(12-10-24)15-19(26)22-20-13-18(23-27-20)21(2,3)4/h5-8,13H,9-12,14-15H2,1-4H3,(H,22,26)/p+2. The molecule has 6 nitrogen and oxygen atoms in total. The van der Waals surface area contributed by atoms with Crippen LogP contribution in [0.25, 0.3) is 0 Å². The number of nitrogens with one attached hydrogen (secondary N) is 3. The summed E-state index contributed by atoms with van der Waals surface area (Å²) in [6, 6.07) is 10.4. The maximum Gasteiger partial charge on any atom is 0.281 e. The summed E-state index contributed by atoms with van der Waals surface area (Å²) < 4.78 is 5.25. The Labute approximate surface area is 161 Å². The fourth-order valence-corrected chi connectivity index (χ4v) is 3.48. The van der Waals surface area contributed by atoms with E-state index in [1.165, 1.54) is 16.0 Å². The Morgan fingerprint density at radius 1 is 1.15 bits per heavy atom. The van der Waals surface area contributed by atoms with Gasteiger partial charge in [-0.1, -0.05) is 50.2 Å². The Kier molecular flexibility index (Phi) is 5.97. The first kappa shape index (κ1) is 19.6. The van der Waals surface area contributed by atoms with E-state index in [0.717, 1.165) is 38.4 Å². The third kappa shape index (κ3) is 5.40. The van der Waals surface area contributed by atoms with Crippen LogP contribution >= 0.6 is 0 Å². The van der Waals surface area contributed by atoms with Crippen molar-refractivity contribution in [1.29, 1.82) is 0 Å². The van der Waals surface area contributed by atoms with E-state index >= 15 is 0 Å². The monoisotopic (exact) mass is 372 g/mol. The van der Waals surface area contributed by atoms with Gasteiger partial charge in [0, 0.05) is 17.0 Å². The van der Waals surface area contributed by atoms with Gasteiger partial charge in [-0.25, -0.2) is 0 Å². The van der Waals surface area contributed by atoms with Crippen molar-refractivity contribution in [2.75, 3.05) is 38.0 Å². The van der Waals surface area contributed by atoms with Gasteiger partial charge < -0.3 is 14.3 Å². The zero-order valence-electron chi connectivity index (χ0n) is 16.9. The summed E-state index contributed by atoms with van der Waals surface area (Å²) in [6.07, 6.45) is 0. The van der Waals surface area contributed by atoms with Crippen LogP contribution in [0.3, 0.4) is 0 Å². The highest BCUT2D eigenvalue weighted by molar-refractivity contribution is 5.90. The normalized spacial score (nSPS) is 20.4. The maximum atomic E-state index is 12.3. The number of carbonyl (C=O) groups is 1. The van der Waals surface area contributed by atoms with Gasteiger partial charge in [0.2, 0.25) is 5.88 Å². The van der Waals surface area contributed by atoms with E-state index < -0.39 is 0 Å². The molecule has 1 aliphatic rings. The number of carbonyl (C=O) groups excluding carboxylic acids is 1. The Balaban J connectivity index is 1.44. The van der Waals surface area contributed by atoms with E-state index in [9.17, 15) is 4.79 Å². The minimum Gasteiger partial charge on any atom is -0.338 e. The fourth-order valence-electron chi connectivity index (χ4n) is 3.48. The summed E-state index contributed by atoms with van der Waals surface area (Å²) in [7, 11) is 0. The average Bonchev–Trinajstić information content (AvgIpc) is 3.07. The molecule has 1 fully saturated rings. The summed E-state index contributed by atoms with van der Waals surface area (Å²) in [5.41, 5.74) is 3.54. The lowest BCUT2D eigenvalue weighted by Gasteiger charge is -2.29. The van der Waals surface area contributed by atoms with E-state index in [1.807, 2.05) is 6.07 Å². The number of anilines is 1. The van der Waals surface area contributed by atoms with Crippen molar-refractivity contribution >= 4 is 11.8 Å². The molecule has 1 amide bonds. The van der Waals surface area contributed by atoms with E-state index in [-0.39, 0.29) is 11.3 Å². The van der Waals surface area contributed by atoms with Gasteiger partial charge in [0.25, 0.3) is 5.91 Å². The van der Waals surface area contributed by atoms with E-state index in [0.29, 0.717) is 12.4 Å². The van der Waals surface area contributed by atoms with Crippen LogP contribution in [0.4, 0.5) is 5.88 Å². The second-order valence-electron chi connectivity index (χ2n) is 8.65. The quantitative estimate of drug-likeness (QED) is 0.703. The molecule has 0 bridgehead atoms. The SMILES string of the molecule is Cc1ccccc1C[NH+]1CC[NH+](CC(=O)Nc2cc(C(C)(C)C)no2)CC1. The lowest BCUT2D eigenvalue weighted by Crippen LogP contribution is -3.28. The first-order chi connectivity index (χ1) is 12.8. The van der Waals surface area contributed by atoms with Crippen molar-refractivity contribution in [3.63, 3.8) is 0 Å². The van der Waals surface area contributed by atoms with E-state index in [4.69, 9.17) is 4.52 Å². The number of piperazine rings is 1. The van der Waals surface area contributed by atoms with Gasteiger partial charge in [-0.2, -0.15) is 0 Å². The zero-order chi connectivity index (χ0) is 19.4. The number of rotatable bonds is 5. The topological polar surface area (TPSA) is 64.0 Å². The molecule has 27 heavy (non-hydrogen) atoms. The molecule has 0 unspecified atom stereocenters. The van der Waals surface area contributed by atoms with Gasteiger partial charge in [0.05, 0.1) is 5.69 Å². The second kappa shape index (κ2) is 8.23. The van der Waals surface area contributed by atoms with Crippen molar-refractivity contribution in [3.05, 3.63) is 47.2 Å². The molecule has 146 valence electrons. The molecule has 1 aromatic carbocycles. The fraction of sp³-hybridized carbons (Fsp3) is 0.524. The Bertz CT molecular complexity index is 770. The minimum absolute atomic E-state index is 0.0102. The van der Waals surface area contributed by atoms with E-state index in [1.54, 1.807) is 4.90 Å². The van der Waals surface area contributed by atoms with Gasteiger partial charge in [-0.3, -0.25) is 10.1 Å². The molecular formula is C21H32N4O2+2. The lowest BCUT2D eigenvalue weighted by atomic mass is 9.92. The summed E-state index contributed by atoms with van der Waals surface area (Å²) in [4.78, 5) is 15.3. The number of nitrogens with zero attached hydrogens (tertiary/aromatic N) is 1. The number of aromatic nitrogens is 1. The minimum atomic E-state index is -0.0893. The van der Waals surface area contributed by atoms with Crippen LogP contribution in [0.2, 0.25) is 0 Å². The number of quaternary nitrogens is 2. The molecule has 0 aliphatic carbocycles. The first-order valence-corrected chi connectivity index (χ1v) is 9.80. The Morgan fingerprint density at radius 2 is 1.81 bits per heavy atom. The molecule has 1 aliphatic heterocycles. The molecule has 2 aromatic rings. The summed E-state index contributed by atoms with van der Waals surface area (Å²) in [5, 5.41) is 6.89. The van der Waals surface area contributed by atoms with E-state index in [2.05, 4.69) is 62.4 Å². The summed E-state index contributed by atoms with van der Waals surface area (Å²) in [5.74, 6) is 0.428. The second-order valence-corrected chi connectivity index (χ2v) is 8.65. The summed E-state index contributed by atoms with van der Waals surface area (Å²) in [6.45, 7) is 14.1. The molecule has 0 saturated carbocycles. The number of hydrogen-bond acceptors (Lipinski definition) is 3. The third-order valence-corrected chi connectivity index (χ3v) is 5.32. The van der Waals surface area contributed by atoms with Gasteiger partial charge in [-0.15, -0.1) is 0 Å². The Hall–Kier alpha value is -2.18. The maximum absolute atomic E-state index is 12.3. The molecule has 1 saturated heterocycles. The highest BCUT2D eigenvalue weighted by Crippen LogP contribution is 2.23. The van der Waals surface area contributed by atoms with Crippen LogP contribution in [-0.4, -0.2) is 43.8 Å². The van der Waals surface area contributed by atoms with Gasteiger partial charge in [-0.05, 0) is 12.5 Å². The van der Waals surface area contributed by atoms with Crippen LogP contribution in [0.5, 0.6) is 0 Å². The Morgan fingerprint density at radius 3 is 2.44 bits per heavy atom. The highest BCUT2D eigenvalue weighted by Gasteiger charge is 2.26. The predicted molar refractivity (Wildman–Crippen MR) is 105 cm³/mol. The lowest BCUT2D eigenvalue weighted by molar-refractivity contribution is -1.02. The van der Waals surface area contributed by atoms with Crippen molar-refractivity contribution in [3.8, 4) is 0 Å². The smallest absolute Gasteiger partial charge is 0.281 e. The molecule has 0 radical (unpaired) electrons. The molecule has 3 rings (SSSR count). The van der Waals surface area contributed by atoms with Crippen molar-refractivity contribution in [2.45, 2.75) is 39.7 Å². The van der Waals surface area contributed by atoms with Gasteiger partial charge >= 0.3 is 0 Å². The third-order valence-electron chi connectivity index (χ3n) is 5.32. The number of amides is 1.